The Bertz CT molecular complexity index is 418. The summed E-state index contributed by atoms with van der Waals surface area (Å²) in [4.78, 5) is 0. The van der Waals surface area contributed by atoms with E-state index in [1.807, 2.05) is 0 Å². The van der Waals surface area contributed by atoms with E-state index >= 15 is 0 Å². The van der Waals surface area contributed by atoms with Crippen LogP contribution in [0.25, 0.3) is 0 Å². The van der Waals surface area contributed by atoms with E-state index in [-0.39, 0.29) is 0 Å². The molecular formula is C22H46O4S. The third-order valence-electron chi connectivity index (χ3n) is 5.16. The van der Waals surface area contributed by atoms with E-state index in [1.165, 1.54) is 89.9 Å². The second kappa shape index (κ2) is 16.8. The van der Waals surface area contributed by atoms with Crippen molar-refractivity contribution in [3.63, 3.8) is 0 Å². The van der Waals surface area contributed by atoms with E-state index in [9.17, 15) is 8.42 Å². The molecule has 0 atom stereocenters. The third kappa shape index (κ3) is 19.0. The number of hydrogen-bond acceptors (Lipinski definition) is 4. The summed E-state index contributed by atoms with van der Waals surface area (Å²) in [6.45, 7) is 5.87. The minimum absolute atomic E-state index is 0.690. The maximum absolute atomic E-state index is 11.3. The highest BCUT2D eigenvalue weighted by molar-refractivity contribution is 7.81. The molecule has 0 N–H and O–H groups in total. The van der Waals surface area contributed by atoms with E-state index in [2.05, 4.69) is 11.1 Å². The molecule has 0 aromatic rings. The van der Waals surface area contributed by atoms with Gasteiger partial charge in [0.15, 0.2) is 0 Å². The van der Waals surface area contributed by atoms with Crippen LogP contribution in [0.4, 0.5) is 0 Å². The van der Waals surface area contributed by atoms with Gasteiger partial charge in [0.25, 0.3) is 0 Å². The van der Waals surface area contributed by atoms with Crippen molar-refractivity contribution in [2.75, 3.05) is 7.11 Å². The fraction of sp³-hybridized carbons (Fsp3) is 1.00. The lowest BCUT2D eigenvalue weighted by molar-refractivity contribution is 0.0820. The highest BCUT2D eigenvalue weighted by Crippen LogP contribution is 2.22. The summed E-state index contributed by atoms with van der Waals surface area (Å²) in [5.41, 5.74) is -0.690. The van der Waals surface area contributed by atoms with Crippen LogP contribution < -0.4 is 0 Å². The summed E-state index contributed by atoms with van der Waals surface area (Å²) in [7, 11) is -2.72. The number of unbranched alkanes of at least 4 members (excludes halogenated alkanes) is 15. The van der Waals surface area contributed by atoms with Crippen molar-refractivity contribution in [2.45, 2.75) is 136 Å². The first kappa shape index (κ1) is 26.9. The van der Waals surface area contributed by atoms with Crippen molar-refractivity contribution in [2.24, 2.45) is 0 Å². The van der Waals surface area contributed by atoms with Crippen LogP contribution in [0, 0.1) is 0 Å². The Labute approximate surface area is 170 Å². The second-order valence-electron chi connectivity index (χ2n) is 8.47. The Kier molecular flexibility index (Phi) is 16.7. The molecule has 0 amide bonds. The second-order valence-corrected chi connectivity index (χ2v) is 9.79. The molecule has 0 rings (SSSR count). The minimum Gasteiger partial charge on any atom is -0.252 e. The summed E-state index contributed by atoms with van der Waals surface area (Å²) in [5, 5.41) is 0. The minimum atomic E-state index is -3.85. The topological polar surface area (TPSA) is 52.6 Å². The molecule has 0 radical (unpaired) electrons. The molecule has 0 heterocycles. The van der Waals surface area contributed by atoms with E-state index in [1.54, 1.807) is 13.8 Å². The summed E-state index contributed by atoms with van der Waals surface area (Å²) < 4.78 is 32.1. The monoisotopic (exact) mass is 406 g/mol. The summed E-state index contributed by atoms with van der Waals surface area (Å²) in [6, 6.07) is 0. The summed E-state index contributed by atoms with van der Waals surface area (Å²) in [6.07, 6.45) is 22.1. The Hall–Kier alpha value is -0.130. The fourth-order valence-electron chi connectivity index (χ4n) is 3.45. The molecule has 5 heteroatoms. The van der Waals surface area contributed by atoms with Crippen molar-refractivity contribution in [1.82, 2.24) is 0 Å². The summed E-state index contributed by atoms with van der Waals surface area (Å²) >= 11 is 0. The average Bonchev–Trinajstić information content (AvgIpc) is 2.60. The fourth-order valence-corrected chi connectivity index (χ4v) is 4.15. The molecule has 0 bridgehead atoms. The molecule has 0 aliphatic carbocycles. The van der Waals surface area contributed by atoms with Gasteiger partial charge in [-0.15, -0.1) is 0 Å². The lowest BCUT2D eigenvalue weighted by atomic mass is 9.99. The van der Waals surface area contributed by atoms with E-state index in [0.29, 0.717) is 0 Å². The van der Waals surface area contributed by atoms with Gasteiger partial charge in [-0.1, -0.05) is 110 Å². The maximum atomic E-state index is 11.3. The summed E-state index contributed by atoms with van der Waals surface area (Å²) in [5.74, 6) is 0. The first-order valence-corrected chi connectivity index (χ1v) is 12.7. The molecule has 4 nitrogen and oxygen atoms in total. The van der Waals surface area contributed by atoms with Gasteiger partial charge in [0, 0.05) is 0 Å². The van der Waals surface area contributed by atoms with Crippen LogP contribution in [-0.2, 0) is 18.8 Å². The highest BCUT2D eigenvalue weighted by atomic mass is 32.3. The van der Waals surface area contributed by atoms with Gasteiger partial charge in [-0.05, 0) is 20.3 Å². The van der Waals surface area contributed by atoms with Crippen LogP contribution in [0.5, 0.6) is 0 Å². The zero-order valence-electron chi connectivity index (χ0n) is 18.6. The van der Waals surface area contributed by atoms with E-state index < -0.39 is 16.0 Å². The normalized spacial score (nSPS) is 12.6. The van der Waals surface area contributed by atoms with Crippen LogP contribution in [0.1, 0.15) is 130 Å². The largest absolute Gasteiger partial charge is 0.400 e. The van der Waals surface area contributed by atoms with E-state index in [0.717, 1.165) is 26.4 Å². The molecule has 0 aromatic heterocycles. The van der Waals surface area contributed by atoms with Crippen LogP contribution in [0.2, 0.25) is 0 Å². The molecule has 0 saturated carbocycles. The Balaban J connectivity index is 3.34. The maximum Gasteiger partial charge on any atom is 0.400 e. The lowest BCUT2D eigenvalue weighted by Crippen LogP contribution is -2.28. The predicted molar refractivity (Wildman–Crippen MR) is 115 cm³/mol. The quantitative estimate of drug-likeness (QED) is 0.199. The molecule has 0 saturated heterocycles. The van der Waals surface area contributed by atoms with Gasteiger partial charge < -0.3 is 0 Å². The zero-order chi connectivity index (χ0) is 20.4. The Morgan fingerprint density at radius 3 is 1.30 bits per heavy atom. The Morgan fingerprint density at radius 1 is 0.630 bits per heavy atom. The van der Waals surface area contributed by atoms with Gasteiger partial charge in [-0.3, -0.25) is 4.18 Å². The molecule has 164 valence electrons. The SMILES string of the molecule is CCCCCCCCCCCCCCCCCCC(C)(C)OS(=O)(=O)OC. The van der Waals surface area contributed by atoms with Crippen LogP contribution in [-0.4, -0.2) is 21.1 Å². The predicted octanol–water partition coefficient (Wildman–Crippen LogP) is 7.32. The van der Waals surface area contributed by atoms with Crippen LogP contribution in [0.3, 0.4) is 0 Å². The van der Waals surface area contributed by atoms with Crippen LogP contribution >= 0.6 is 0 Å². The molecule has 0 fully saturated rings. The smallest absolute Gasteiger partial charge is 0.252 e. The molecule has 0 aromatic carbocycles. The molecule has 0 spiro atoms. The first-order valence-electron chi connectivity index (χ1n) is 11.3. The lowest BCUT2D eigenvalue weighted by Gasteiger charge is -2.23. The van der Waals surface area contributed by atoms with Crippen molar-refractivity contribution in [3.8, 4) is 0 Å². The first-order chi connectivity index (χ1) is 12.8. The molecule has 0 unspecified atom stereocenters. The van der Waals surface area contributed by atoms with Gasteiger partial charge in [0.05, 0.1) is 12.7 Å². The zero-order valence-corrected chi connectivity index (χ0v) is 19.4. The number of rotatable bonds is 20. The van der Waals surface area contributed by atoms with Gasteiger partial charge >= 0.3 is 10.4 Å². The van der Waals surface area contributed by atoms with E-state index in [4.69, 9.17) is 4.18 Å². The average molecular weight is 407 g/mol. The van der Waals surface area contributed by atoms with Gasteiger partial charge in [0.1, 0.15) is 0 Å². The highest BCUT2D eigenvalue weighted by Gasteiger charge is 2.26. The van der Waals surface area contributed by atoms with Crippen molar-refractivity contribution in [1.29, 1.82) is 0 Å². The molecule has 27 heavy (non-hydrogen) atoms. The van der Waals surface area contributed by atoms with Crippen molar-refractivity contribution >= 4 is 10.4 Å². The van der Waals surface area contributed by atoms with Gasteiger partial charge in [-0.25, -0.2) is 4.18 Å². The Morgan fingerprint density at radius 2 is 0.963 bits per heavy atom. The van der Waals surface area contributed by atoms with Crippen molar-refractivity contribution < 1.29 is 16.8 Å². The third-order valence-corrected chi connectivity index (χ3v) is 6.23. The van der Waals surface area contributed by atoms with Crippen molar-refractivity contribution in [3.05, 3.63) is 0 Å². The molecular weight excluding hydrogens is 360 g/mol. The molecule has 0 aliphatic rings. The molecule has 0 aliphatic heterocycles. The van der Waals surface area contributed by atoms with Crippen LogP contribution in [0.15, 0.2) is 0 Å². The number of hydrogen-bond donors (Lipinski definition) is 0. The van der Waals surface area contributed by atoms with Gasteiger partial charge in [0.2, 0.25) is 0 Å². The standard InChI is InChI=1S/C22H46O4S/c1-5-6-7-8-9-10-11-12-13-14-15-16-17-18-19-20-21-22(2,3)26-27(23,24)25-4/h5-21H2,1-4H3. The van der Waals surface area contributed by atoms with Gasteiger partial charge in [-0.2, -0.15) is 8.42 Å².